The lowest BCUT2D eigenvalue weighted by Crippen LogP contribution is -2.29. The molecule has 4 aromatic rings. The van der Waals surface area contributed by atoms with Gasteiger partial charge in [-0.25, -0.2) is 0 Å². The molecule has 0 amide bonds. The van der Waals surface area contributed by atoms with E-state index >= 15 is 0 Å². The lowest BCUT2D eigenvalue weighted by atomic mass is 9.94. The van der Waals surface area contributed by atoms with Crippen LogP contribution in [0.4, 0.5) is 0 Å². The lowest BCUT2D eigenvalue weighted by molar-refractivity contribution is 0.482. The van der Waals surface area contributed by atoms with Crippen molar-refractivity contribution in [3.05, 3.63) is 99.3 Å². The molecule has 3 N–H and O–H groups in total. The predicted octanol–water partition coefficient (Wildman–Crippen LogP) is 5.64. The van der Waals surface area contributed by atoms with Gasteiger partial charge in [-0.1, -0.05) is 60.1 Å². The van der Waals surface area contributed by atoms with Crippen LogP contribution in [0.2, 0.25) is 5.02 Å². The van der Waals surface area contributed by atoms with E-state index in [1.165, 1.54) is 0 Å². The maximum atomic E-state index is 12.8. The van der Waals surface area contributed by atoms with Gasteiger partial charge in [0, 0.05) is 16.5 Å². The first-order chi connectivity index (χ1) is 14.4. The smallest absolute Gasteiger partial charge is 0.260 e. The van der Waals surface area contributed by atoms with Crippen molar-refractivity contribution in [2.24, 2.45) is 0 Å². The van der Waals surface area contributed by atoms with Crippen molar-refractivity contribution in [3.63, 3.8) is 0 Å². The monoisotopic (exact) mass is 418 g/mol. The Morgan fingerprint density at radius 2 is 1.67 bits per heavy atom. The Morgan fingerprint density at radius 1 is 0.933 bits per heavy atom. The molecule has 4 rings (SSSR count). The van der Waals surface area contributed by atoms with Crippen molar-refractivity contribution in [3.8, 4) is 16.9 Å². The van der Waals surface area contributed by atoms with Crippen LogP contribution in [0, 0.1) is 0 Å². The van der Waals surface area contributed by atoms with E-state index in [9.17, 15) is 9.90 Å². The second kappa shape index (κ2) is 8.34. The normalized spacial score (nSPS) is 12.4. The minimum Gasteiger partial charge on any atom is -0.506 e. The number of halogens is 1. The Morgan fingerprint density at radius 3 is 2.40 bits per heavy atom. The average molecular weight is 419 g/mol. The number of benzene rings is 3. The molecule has 0 aliphatic carbocycles. The van der Waals surface area contributed by atoms with E-state index in [1.54, 1.807) is 18.2 Å². The van der Waals surface area contributed by atoms with E-state index in [0.29, 0.717) is 21.5 Å². The summed E-state index contributed by atoms with van der Waals surface area (Å²) >= 11 is 6.02. The fourth-order valence-electron chi connectivity index (χ4n) is 3.76. The highest BCUT2D eigenvalue weighted by molar-refractivity contribution is 6.31. The predicted molar refractivity (Wildman–Crippen MR) is 123 cm³/mol. The number of H-pyrrole nitrogens is 1. The molecule has 0 aliphatic rings. The fraction of sp³-hybridized carbons (Fsp3) is 0.160. The SMILES string of the molecule is CC(C)NC(c1ccccc1)c1cccc(-c2c(O)c3ccc(Cl)cc3[nH]c2=O)c1. The van der Waals surface area contributed by atoms with Gasteiger partial charge in [-0.2, -0.15) is 0 Å². The van der Waals surface area contributed by atoms with Gasteiger partial charge in [0.25, 0.3) is 5.56 Å². The third kappa shape index (κ3) is 3.97. The molecule has 1 atom stereocenters. The molecular weight excluding hydrogens is 396 g/mol. The summed E-state index contributed by atoms with van der Waals surface area (Å²) in [7, 11) is 0. The number of pyridine rings is 1. The molecule has 0 bridgehead atoms. The first-order valence-electron chi connectivity index (χ1n) is 9.90. The molecule has 3 aromatic carbocycles. The van der Waals surface area contributed by atoms with E-state index < -0.39 is 0 Å². The summed E-state index contributed by atoms with van der Waals surface area (Å²) in [5.41, 5.74) is 3.22. The quantitative estimate of drug-likeness (QED) is 0.393. The number of aromatic amines is 1. The topological polar surface area (TPSA) is 65.1 Å². The first kappa shape index (κ1) is 20.2. The van der Waals surface area contributed by atoms with E-state index in [2.05, 4.69) is 36.3 Å². The van der Waals surface area contributed by atoms with Crippen LogP contribution < -0.4 is 10.9 Å². The van der Waals surface area contributed by atoms with Crippen LogP contribution in [-0.4, -0.2) is 16.1 Å². The zero-order valence-corrected chi connectivity index (χ0v) is 17.6. The van der Waals surface area contributed by atoms with Gasteiger partial charge in [0.15, 0.2) is 0 Å². The molecule has 152 valence electrons. The molecule has 0 aliphatic heterocycles. The summed E-state index contributed by atoms with van der Waals surface area (Å²) in [6.07, 6.45) is 0. The largest absolute Gasteiger partial charge is 0.506 e. The van der Waals surface area contributed by atoms with Crippen LogP contribution in [-0.2, 0) is 0 Å². The van der Waals surface area contributed by atoms with Crippen molar-refractivity contribution in [1.82, 2.24) is 10.3 Å². The molecule has 0 spiro atoms. The van der Waals surface area contributed by atoms with Crippen LogP contribution in [0.1, 0.15) is 31.0 Å². The van der Waals surface area contributed by atoms with Crippen LogP contribution in [0.25, 0.3) is 22.0 Å². The molecule has 0 fully saturated rings. The minimum atomic E-state index is -0.354. The number of rotatable bonds is 5. The highest BCUT2D eigenvalue weighted by Gasteiger charge is 2.18. The summed E-state index contributed by atoms with van der Waals surface area (Å²) in [6.45, 7) is 4.20. The fourth-order valence-corrected chi connectivity index (χ4v) is 3.93. The summed E-state index contributed by atoms with van der Waals surface area (Å²) in [5, 5.41) is 15.5. The van der Waals surface area contributed by atoms with E-state index in [0.717, 1.165) is 11.1 Å². The first-order valence-corrected chi connectivity index (χ1v) is 10.3. The summed E-state index contributed by atoms with van der Waals surface area (Å²) in [4.78, 5) is 15.7. The molecule has 1 unspecified atom stereocenters. The van der Waals surface area contributed by atoms with Crippen LogP contribution >= 0.6 is 11.6 Å². The van der Waals surface area contributed by atoms with Gasteiger partial charge >= 0.3 is 0 Å². The Kier molecular flexibility index (Phi) is 5.62. The Balaban J connectivity index is 1.85. The number of nitrogens with one attached hydrogen (secondary N) is 2. The number of aromatic nitrogens is 1. The van der Waals surface area contributed by atoms with Gasteiger partial charge in [-0.3, -0.25) is 4.79 Å². The van der Waals surface area contributed by atoms with Crippen LogP contribution in [0.15, 0.2) is 77.6 Å². The minimum absolute atomic E-state index is 0.0355. The zero-order chi connectivity index (χ0) is 21.3. The number of aromatic hydroxyl groups is 1. The van der Waals surface area contributed by atoms with Crippen molar-refractivity contribution in [1.29, 1.82) is 0 Å². The average Bonchev–Trinajstić information content (AvgIpc) is 2.72. The third-order valence-corrected chi connectivity index (χ3v) is 5.33. The molecule has 0 saturated carbocycles. The molecule has 30 heavy (non-hydrogen) atoms. The van der Waals surface area contributed by atoms with Gasteiger partial charge < -0.3 is 15.4 Å². The summed E-state index contributed by atoms with van der Waals surface area (Å²) in [6, 6.07) is 23.2. The Hall–Kier alpha value is -3.08. The number of hydrogen-bond acceptors (Lipinski definition) is 3. The van der Waals surface area contributed by atoms with Crippen molar-refractivity contribution in [2.45, 2.75) is 25.9 Å². The van der Waals surface area contributed by atoms with Crippen LogP contribution in [0.3, 0.4) is 0 Å². The van der Waals surface area contributed by atoms with Crippen molar-refractivity contribution >= 4 is 22.5 Å². The highest BCUT2D eigenvalue weighted by Crippen LogP contribution is 2.34. The van der Waals surface area contributed by atoms with E-state index in [4.69, 9.17) is 11.6 Å². The molecule has 4 nitrogen and oxygen atoms in total. The van der Waals surface area contributed by atoms with Gasteiger partial charge in [-0.15, -0.1) is 0 Å². The molecule has 5 heteroatoms. The third-order valence-electron chi connectivity index (χ3n) is 5.09. The van der Waals surface area contributed by atoms with Gasteiger partial charge in [-0.05, 0) is 54.8 Å². The Bertz CT molecular complexity index is 1250. The van der Waals surface area contributed by atoms with E-state index in [-0.39, 0.29) is 29.0 Å². The lowest BCUT2D eigenvalue weighted by Gasteiger charge is -2.23. The molecule has 0 radical (unpaired) electrons. The molecule has 0 saturated heterocycles. The maximum Gasteiger partial charge on any atom is 0.260 e. The standard InChI is InChI=1S/C25H23ClN2O2/c1-15(2)27-23(16-7-4-3-5-8-16)18-10-6-9-17(13-18)22-24(29)20-12-11-19(26)14-21(20)28-25(22)30/h3-15,23,27H,1-2H3,(H2,28,29,30). The second-order valence-electron chi connectivity index (χ2n) is 7.66. The van der Waals surface area contributed by atoms with E-state index in [1.807, 2.05) is 42.5 Å². The highest BCUT2D eigenvalue weighted by atomic mass is 35.5. The second-order valence-corrected chi connectivity index (χ2v) is 8.09. The summed E-state index contributed by atoms with van der Waals surface area (Å²) < 4.78 is 0. The zero-order valence-electron chi connectivity index (χ0n) is 16.8. The van der Waals surface area contributed by atoms with Gasteiger partial charge in [0.2, 0.25) is 0 Å². The number of fused-ring (bicyclic) bond motifs is 1. The molecule has 1 heterocycles. The van der Waals surface area contributed by atoms with Crippen molar-refractivity contribution in [2.75, 3.05) is 0 Å². The van der Waals surface area contributed by atoms with Gasteiger partial charge in [0.05, 0.1) is 17.1 Å². The number of hydrogen-bond donors (Lipinski definition) is 3. The Labute approximate surface area is 180 Å². The van der Waals surface area contributed by atoms with Crippen LogP contribution in [0.5, 0.6) is 5.75 Å². The summed E-state index contributed by atoms with van der Waals surface area (Å²) in [5.74, 6) is -0.0457. The molecular formula is C25H23ClN2O2. The maximum absolute atomic E-state index is 12.8. The molecule has 1 aromatic heterocycles. The van der Waals surface area contributed by atoms with Crippen molar-refractivity contribution < 1.29 is 5.11 Å². The van der Waals surface area contributed by atoms with Gasteiger partial charge in [0.1, 0.15) is 5.75 Å².